The third-order valence-electron chi connectivity index (χ3n) is 3.12. The van der Waals surface area contributed by atoms with E-state index in [4.69, 9.17) is 23.2 Å². The molecular formula is C13H12Br2Cl2O2. The number of alkyl halides is 2. The van der Waals surface area contributed by atoms with Gasteiger partial charge in [-0.25, -0.2) is 0 Å². The Balaban J connectivity index is 2.19. The molecule has 19 heavy (non-hydrogen) atoms. The van der Waals surface area contributed by atoms with Crippen molar-refractivity contribution in [2.24, 2.45) is 0 Å². The van der Waals surface area contributed by atoms with Crippen molar-refractivity contribution in [2.75, 3.05) is 0 Å². The molecule has 0 amide bonds. The van der Waals surface area contributed by atoms with Crippen molar-refractivity contribution in [3.63, 3.8) is 0 Å². The molecule has 0 aromatic carbocycles. The van der Waals surface area contributed by atoms with Gasteiger partial charge in [0.15, 0.2) is 0 Å². The first-order valence-corrected chi connectivity index (χ1v) is 8.01. The van der Waals surface area contributed by atoms with Crippen molar-refractivity contribution < 1.29 is 10.2 Å². The Morgan fingerprint density at radius 1 is 0.947 bits per heavy atom. The van der Waals surface area contributed by atoms with Crippen LogP contribution in [-0.4, -0.2) is 20.0 Å². The highest BCUT2D eigenvalue weighted by molar-refractivity contribution is 9.12. The van der Waals surface area contributed by atoms with Crippen molar-refractivity contribution in [2.45, 2.75) is 29.0 Å². The van der Waals surface area contributed by atoms with Gasteiger partial charge in [0.05, 0.1) is 18.7 Å². The van der Waals surface area contributed by atoms with Gasteiger partial charge < -0.3 is 10.2 Å². The zero-order valence-corrected chi connectivity index (χ0v) is 14.5. The van der Waals surface area contributed by atoms with Gasteiger partial charge in [0, 0.05) is 0 Å². The largest absolute Gasteiger partial charge is 0.507 e. The highest BCUT2D eigenvalue weighted by Gasteiger charge is 2.39. The maximum atomic E-state index is 9.55. The van der Waals surface area contributed by atoms with Gasteiger partial charge in [0.1, 0.15) is 11.5 Å². The molecule has 104 valence electrons. The molecule has 2 atom stereocenters. The molecular weight excluding hydrogens is 419 g/mol. The van der Waals surface area contributed by atoms with Crippen LogP contribution in [0.2, 0.25) is 0 Å². The second-order valence-corrected chi connectivity index (χ2v) is 8.03. The van der Waals surface area contributed by atoms with Gasteiger partial charge in [0.2, 0.25) is 0 Å². The van der Waals surface area contributed by atoms with Crippen LogP contribution in [0.25, 0.3) is 0 Å². The standard InChI is InChI=1S/C13H12Br2Cl2O2/c14-8-5-12(16,3-1-10(8)18)7-13(17)4-2-11(19)9(15)6-13/h1-2,5-6,18-19H,3-4,7H2. The number of aliphatic hydroxyl groups is 2. The van der Waals surface area contributed by atoms with Crippen LogP contribution in [0.15, 0.2) is 44.8 Å². The third-order valence-corrected chi connectivity index (χ3v) is 5.18. The first kappa shape index (κ1) is 15.5. The zero-order chi connectivity index (χ0) is 14.3. The van der Waals surface area contributed by atoms with Crippen LogP contribution in [0.1, 0.15) is 19.3 Å². The zero-order valence-electron chi connectivity index (χ0n) is 9.84. The van der Waals surface area contributed by atoms with Gasteiger partial charge in [-0.3, -0.25) is 0 Å². The van der Waals surface area contributed by atoms with Crippen molar-refractivity contribution >= 4 is 55.1 Å². The van der Waals surface area contributed by atoms with E-state index in [0.717, 1.165) is 0 Å². The van der Waals surface area contributed by atoms with E-state index in [1.54, 1.807) is 24.3 Å². The quantitative estimate of drug-likeness (QED) is 0.561. The smallest absolute Gasteiger partial charge is 0.125 e. The fourth-order valence-corrected chi connectivity index (χ4v) is 4.56. The Morgan fingerprint density at radius 2 is 1.32 bits per heavy atom. The number of hydrogen-bond donors (Lipinski definition) is 2. The first-order chi connectivity index (χ1) is 8.73. The summed E-state index contributed by atoms with van der Waals surface area (Å²) in [5.74, 6) is 0.385. The molecule has 0 aliphatic heterocycles. The molecule has 2 rings (SSSR count). The molecule has 0 heterocycles. The normalized spacial score (nSPS) is 35.2. The van der Waals surface area contributed by atoms with Crippen LogP contribution in [0.4, 0.5) is 0 Å². The molecule has 0 spiro atoms. The Morgan fingerprint density at radius 3 is 1.63 bits per heavy atom. The van der Waals surface area contributed by atoms with E-state index in [2.05, 4.69) is 31.9 Å². The van der Waals surface area contributed by atoms with Crippen molar-refractivity contribution in [1.29, 1.82) is 0 Å². The molecule has 0 bridgehead atoms. The summed E-state index contributed by atoms with van der Waals surface area (Å²) in [7, 11) is 0. The van der Waals surface area contributed by atoms with E-state index in [9.17, 15) is 10.2 Å². The summed E-state index contributed by atoms with van der Waals surface area (Å²) in [5.41, 5.74) is 0. The van der Waals surface area contributed by atoms with Crippen LogP contribution in [0.5, 0.6) is 0 Å². The minimum absolute atomic E-state index is 0.192. The second kappa shape index (κ2) is 5.47. The van der Waals surface area contributed by atoms with Crippen LogP contribution in [-0.2, 0) is 0 Å². The van der Waals surface area contributed by atoms with Crippen molar-refractivity contribution in [1.82, 2.24) is 0 Å². The summed E-state index contributed by atoms with van der Waals surface area (Å²) in [4.78, 5) is -1.31. The predicted octanol–water partition coefficient (Wildman–Crippen LogP) is 5.58. The van der Waals surface area contributed by atoms with Crippen LogP contribution in [0.3, 0.4) is 0 Å². The van der Waals surface area contributed by atoms with Crippen molar-refractivity contribution in [3.05, 3.63) is 44.8 Å². The van der Waals surface area contributed by atoms with E-state index in [1.807, 2.05) is 0 Å². The fourth-order valence-electron chi connectivity index (χ4n) is 2.18. The molecule has 6 heteroatoms. The lowest BCUT2D eigenvalue weighted by atomic mass is 9.84. The highest BCUT2D eigenvalue weighted by Crippen LogP contribution is 2.45. The summed E-state index contributed by atoms with van der Waals surface area (Å²) in [6, 6.07) is 0. The maximum absolute atomic E-state index is 9.55. The highest BCUT2D eigenvalue weighted by atomic mass is 79.9. The fraction of sp³-hybridized carbons (Fsp3) is 0.385. The van der Waals surface area contributed by atoms with E-state index in [-0.39, 0.29) is 11.5 Å². The molecule has 2 aliphatic rings. The van der Waals surface area contributed by atoms with Gasteiger partial charge in [-0.1, -0.05) is 0 Å². The Labute approximate surface area is 138 Å². The average molecular weight is 431 g/mol. The molecule has 0 aromatic rings. The summed E-state index contributed by atoms with van der Waals surface area (Å²) in [5, 5.41) is 19.1. The summed E-state index contributed by atoms with van der Waals surface area (Å²) < 4.78 is 1.15. The molecule has 0 saturated carbocycles. The van der Waals surface area contributed by atoms with Crippen LogP contribution < -0.4 is 0 Å². The second-order valence-electron chi connectivity index (χ2n) is 4.82. The minimum atomic E-state index is -0.655. The maximum Gasteiger partial charge on any atom is 0.125 e. The summed E-state index contributed by atoms with van der Waals surface area (Å²) in [6.45, 7) is 0. The lowest BCUT2D eigenvalue weighted by Crippen LogP contribution is -2.33. The third kappa shape index (κ3) is 3.60. The molecule has 2 nitrogen and oxygen atoms in total. The Bertz CT molecular complexity index is 479. The summed E-state index contributed by atoms with van der Waals surface area (Å²) in [6.07, 6.45) is 8.39. The SMILES string of the molecule is OC1=CCC(Cl)(CC2(Cl)C=C(Br)C(O)=CC2)C=C1Br. The topological polar surface area (TPSA) is 40.5 Å². The van der Waals surface area contributed by atoms with E-state index in [0.29, 0.717) is 28.2 Å². The Kier molecular flexibility index (Phi) is 4.46. The molecule has 2 N–H and O–H groups in total. The van der Waals surface area contributed by atoms with Gasteiger partial charge in [-0.15, -0.1) is 23.2 Å². The number of hydrogen-bond acceptors (Lipinski definition) is 2. The first-order valence-electron chi connectivity index (χ1n) is 5.67. The van der Waals surface area contributed by atoms with E-state index < -0.39 is 9.75 Å². The molecule has 0 saturated heterocycles. The van der Waals surface area contributed by atoms with Gasteiger partial charge in [0.25, 0.3) is 0 Å². The number of aliphatic hydroxyl groups excluding tert-OH is 2. The van der Waals surface area contributed by atoms with Gasteiger partial charge in [-0.2, -0.15) is 0 Å². The monoisotopic (exact) mass is 428 g/mol. The molecule has 0 fully saturated rings. The minimum Gasteiger partial charge on any atom is -0.507 e. The van der Waals surface area contributed by atoms with E-state index in [1.165, 1.54) is 0 Å². The molecule has 2 unspecified atom stereocenters. The number of halogens is 4. The number of rotatable bonds is 2. The van der Waals surface area contributed by atoms with Gasteiger partial charge >= 0.3 is 0 Å². The van der Waals surface area contributed by atoms with Gasteiger partial charge in [-0.05, 0) is 75.4 Å². The van der Waals surface area contributed by atoms with Crippen LogP contribution >= 0.6 is 55.1 Å². The van der Waals surface area contributed by atoms with E-state index >= 15 is 0 Å². The molecule has 0 radical (unpaired) electrons. The average Bonchev–Trinajstić information content (AvgIpc) is 2.29. The van der Waals surface area contributed by atoms with Crippen molar-refractivity contribution in [3.8, 4) is 0 Å². The van der Waals surface area contributed by atoms with Crippen LogP contribution in [0, 0.1) is 0 Å². The molecule has 2 aliphatic carbocycles. The lowest BCUT2D eigenvalue weighted by molar-refractivity contribution is 0.409. The molecule has 0 aromatic heterocycles. The number of allylic oxidation sites excluding steroid dienone is 6. The lowest BCUT2D eigenvalue weighted by Gasteiger charge is -2.35. The predicted molar refractivity (Wildman–Crippen MR) is 86.5 cm³/mol. The summed E-state index contributed by atoms with van der Waals surface area (Å²) >= 11 is 19.7. The Hall–Kier alpha value is 0.1000.